The van der Waals surface area contributed by atoms with E-state index in [0.717, 1.165) is 0 Å². The summed E-state index contributed by atoms with van der Waals surface area (Å²) in [6, 6.07) is 6.24. The van der Waals surface area contributed by atoms with Gasteiger partial charge in [0.15, 0.2) is 0 Å². The molecular weight excluding hydrogens is 348 g/mol. The van der Waals surface area contributed by atoms with Gasteiger partial charge in [0.25, 0.3) is 5.91 Å². The number of carbonyl (C=O) groups is 3. The first-order valence-electron chi connectivity index (χ1n) is 8.80. The Hall–Kier alpha value is -2.57. The fourth-order valence-electron chi connectivity index (χ4n) is 3.44. The summed E-state index contributed by atoms with van der Waals surface area (Å²) in [5.74, 6) is -2.82. The first-order valence-corrected chi connectivity index (χ1v) is 8.80. The number of nitrogens with two attached hydrogens (primary N) is 1. The Bertz CT molecular complexity index is 713. The van der Waals surface area contributed by atoms with Gasteiger partial charge in [-0.3, -0.25) is 9.59 Å². The first-order chi connectivity index (χ1) is 12.1. The van der Waals surface area contributed by atoms with Crippen molar-refractivity contribution in [1.29, 1.82) is 0 Å². The molecule has 1 rings (SSSR count). The normalized spacial score (nSPS) is 14.3. The zero-order chi connectivity index (χ0) is 21.2. The number of carboxylic acids is 2. The predicted octanol–water partition coefficient (Wildman–Crippen LogP) is 3.24. The summed E-state index contributed by atoms with van der Waals surface area (Å²) in [4.78, 5) is 38.5. The van der Waals surface area contributed by atoms with Crippen molar-refractivity contribution in [3.05, 3.63) is 29.8 Å². The molecule has 0 heterocycles. The molecule has 150 valence electrons. The van der Waals surface area contributed by atoms with Crippen LogP contribution in [0.15, 0.2) is 24.3 Å². The highest BCUT2D eigenvalue weighted by atomic mass is 16.4. The number of hydrogen-bond donors (Lipinski definition) is 3. The second-order valence-corrected chi connectivity index (χ2v) is 8.74. The summed E-state index contributed by atoms with van der Waals surface area (Å²) in [6.07, 6.45) is -0.579. The van der Waals surface area contributed by atoms with Crippen LogP contribution in [-0.4, -0.2) is 44.0 Å². The average molecular weight is 378 g/mol. The van der Waals surface area contributed by atoms with Crippen molar-refractivity contribution in [3.8, 4) is 0 Å². The molecule has 27 heavy (non-hydrogen) atoms. The van der Waals surface area contributed by atoms with Gasteiger partial charge in [-0.15, -0.1) is 0 Å². The lowest BCUT2D eigenvalue weighted by atomic mass is 9.67. The summed E-state index contributed by atoms with van der Waals surface area (Å²) in [5.41, 5.74) is 2.95. The van der Waals surface area contributed by atoms with E-state index in [1.165, 1.54) is 4.90 Å². The molecule has 0 radical (unpaired) electrons. The fraction of sp³-hybridized carbons (Fsp3) is 0.550. The highest BCUT2D eigenvalue weighted by molar-refractivity contribution is 5.99. The van der Waals surface area contributed by atoms with Gasteiger partial charge in [0, 0.05) is 23.2 Å². The molecule has 0 saturated carbocycles. The van der Waals surface area contributed by atoms with Crippen LogP contribution in [-0.2, 0) is 9.59 Å². The van der Waals surface area contributed by atoms with E-state index >= 15 is 0 Å². The van der Waals surface area contributed by atoms with Crippen molar-refractivity contribution in [2.45, 2.75) is 65.5 Å². The van der Waals surface area contributed by atoms with Gasteiger partial charge >= 0.3 is 11.9 Å². The lowest BCUT2D eigenvalue weighted by molar-refractivity contribution is -0.164. The van der Waals surface area contributed by atoms with Crippen LogP contribution in [0.1, 0.15) is 64.7 Å². The number of carbonyl (C=O) groups excluding carboxylic acids is 1. The molecular formula is C20H30N2O5. The van der Waals surface area contributed by atoms with Crippen LogP contribution in [0.3, 0.4) is 0 Å². The standard InChI is InChI=1S/C20H30N2O5/c1-18(2,3)20(17(26)27,12-11-15(23)24)22(19(4,5)6)16(25)13-7-9-14(21)10-8-13/h7-10H,11-12,21H2,1-6H3,(H,23,24)(H,26,27)/t20-/m0/s1. The molecule has 4 N–H and O–H groups in total. The minimum absolute atomic E-state index is 0.209. The molecule has 0 unspecified atom stereocenters. The van der Waals surface area contributed by atoms with E-state index in [9.17, 15) is 24.6 Å². The summed E-state index contributed by atoms with van der Waals surface area (Å²) < 4.78 is 0. The fourth-order valence-corrected chi connectivity index (χ4v) is 3.44. The Morgan fingerprint density at radius 2 is 1.44 bits per heavy atom. The number of benzene rings is 1. The number of nitrogen functional groups attached to an aromatic ring is 1. The second-order valence-electron chi connectivity index (χ2n) is 8.74. The maximum absolute atomic E-state index is 13.4. The Balaban J connectivity index is 3.70. The van der Waals surface area contributed by atoms with Gasteiger partial charge in [-0.25, -0.2) is 4.79 Å². The molecule has 7 nitrogen and oxygen atoms in total. The van der Waals surface area contributed by atoms with Crippen molar-refractivity contribution < 1.29 is 24.6 Å². The molecule has 0 aromatic heterocycles. The number of hydrogen-bond acceptors (Lipinski definition) is 4. The third-order valence-corrected chi connectivity index (χ3v) is 4.71. The van der Waals surface area contributed by atoms with E-state index in [1.54, 1.807) is 65.8 Å². The molecule has 0 fully saturated rings. The Morgan fingerprint density at radius 3 is 1.78 bits per heavy atom. The number of aliphatic carboxylic acids is 2. The van der Waals surface area contributed by atoms with Gasteiger partial charge in [-0.05, 0) is 56.9 Å². The van der Waals surface area contributed by atoms with Crippen LogP contribution in [0, 0.1) is 5.41 Å². The smallest absolute Gasteiger partial charge is 0.330 e. The van der Waals surface area contributed by atoms with Crippen LogP contribution in [0.25, 0.3) is 0 Å². The molecule has 0 aliphatic heterocycles. The minimum atomic E-state index is -1.72. The largest absolute Gasteiger partial charge is 0.481 e. The van der Waals surface area contributed by atoms with E-state index < -0.39 is 34.3 Å². The van der Waals surface area contributed by atoms with Gasteiger partial charge < -0.3 is 20.8 Å². The van der Waals surface area contributed by atoms with Crippen molar-refractivity contribution >= 4 is 23.5 Å². The third kappa shape index (κ3) is 4.59. The van der Waals surface area contributed by atoms with Crippen LogP contribution >= 0.6 is 0 Å². The molecule has 7 heteroatoms. The summed E-state index contributed by atoms with van der Waals surface area (Å²) >= 11 is 0. The lowest BCUT2D eigenvalue weighted by Crippen LogP contribution is -2.69. The van der Waals surface area contributed by atoms with E-state index in [0.29, 0.717) is 11.3 Å². The second kappa shape index (κ2) is 7.58. The highest BCUT2D eigenvalue weighted by Gasteiger charge is 2.58. The number of anilines is 1. The highest BCUT2D eigenvalue weighted by Crippen LogP contribution is 2.44. The van der Waals surface area contributed by atoms with Gasteiger partial charge in [-0.2, -0.15) is 0 Å². The van der Waals surface area contributed by atoms with Crippen LogP contribution < -0.4 is 5.73 Å². The molecule has 0 aliphatic carbocycles. The Kier molecular flexibility index (Phi) is 6.31. The van der Waals surface area contributed by atoms with E-state index in [1.807, 2.05) is 0 Å². The van der Waals surface area contributed by atoms with Gasteiger partial charge in [0.05, 0.1) is 0 Å². The number of rotatable bonds is 6. The van der Waals surface area contributed by atoms with Crippen molar-refractivity contribution in [1.82, 2.24) is 4.90 Å². The number of amides is 1. The van der Waals surface area contributed by atoms with Crippen molar-refractivity contribution in [2.24, 2.45) is 5.41 Å². The quantitative estimate of drug-likeness (QED) is 0.653. The van der Waals surface area contributed by atoms with Crippen LogP contribution in [0.4, 0.5) is 5.69 Å². The Labute approximate surface area is 160 Å². The van der Waals surface area contributed by atoms with Crippen molar-refractivity contribution in [2.75, 3.05) is 5.73 Å². The molecule has 1 aromatic carbocycles. The van der Waals surface area contributed by atoms with Crippen LogP contribution in [0.2, 0.25) is 0 Å². The van der Waals surface area contributed by atoms with E-state index in [2.05, 4.69) is 0 Å². The lowest BCUT2D eigenvalue weighted by Gasteiger charge is -2.54. The third-order valence-electron chi connectivity index (χ3n) is 4.71. The van der Waals surface area contributed by atoms with Crippen LogP contribution in [0.5, 0.6) is 0 Å². The number of carboxylic acid groups (broad SMARTS) is 2. The molecule has 1 aromatic rings. The van der Waals surface area contributed by atoms with Gasteiger partial charge in [-0.1, -0.05) is 20.8 Å². The molecule has 0 bridgehead atoms. The predicted molar refractivity (Wildman–Crippen MR) is 103 cm³/mol. The summed E-state index contributed by atoms with van der Waals surface area (Å²) in [7, 11) is 0. The zero-order valence-electron chi connectivity index (χ0n) is 16.9. The zero-order valence-corrected chi connectivity index (χ0v) is 16.9. The SMILES string of the molecule is CC(C)(C)N(C(=O)c1ccc(N)cc1)[C@@](CCC(=O)O)(C(=O)O)C(C)(C)C. The maximum Gasteiger partial charge on any atom is 0.330 e. The van der Waals surface area contributed by atoms with Crippen molar-refractivity contribution in [3.63, 3.8) is 0 Å². The molecule has 0 saturated heterocycles. The van der Waals surface area contributed by atoms with Gasteiger partial charge in [0.2, 0.25) is 0 Å². The molecule has 1 amide bonds. The van der Waals surface area contributed by atoms with E-state index in [-0.39, 0.29) is 12.8 Å². The first kappa shape index (κ1) is 22.5. The summed E-state index contributed by atoms with van der Waals surface area (Å²) in [5, 5.41) is 19.4. The topological polar surface area (TPSA) is 121 Å². The van der Waals surface area contributed by atoms with E-state index in [4.69, 9.17) is 5.73 Å². The maximum atomic E-state index is 13.4. The monoisotopic (exact) mass is 378 g/mol. The Morgan fingerprint density at radius 1 is 0.963 bits per heavy atom. The average Bonchev–Trinajstić information content (AvgIpc) is 2.48. The minimum Gasteiger partial charge on any atom is -0.481 e. The molecule has 0 aliphatic rings. The number of nitrogens with zero attached hydrogens (tertiary/aromatic N) is 1. The molecule has 0 spiro atoms. The van der Waals surface area contributed by atoms with Gasteiger partial charge in [0.1, 0.15) is 5.54 Å². The molecule has 1 atom stereocenters. The summed E-state index contributed by atoms with van der Waals surface area (Å²) in [6.45, 7) is 10.3.